The quantitative estimate of drug-likeness (QED) is 0.752. The van der Waals surface area contributed by atoms with Gasteiger partial charge in [0.25, 0.3) is 0 Å². The molecule has 0 unspecified atom stereocenters. The molecule has 0 spiro atoms. The first-order chi connectivity index (χ1) is 11.7. The first-order valence-electron chi connectivity index (χ1n) is 8.22. The number of urea groups is 1. The summed E-state index contributed by atoms with van der Waals surface area (Å²) in [5, 5.41) is 6.95. The molecule has 2 aromatic heterocycles. The fraction of sp³-hybridized carbons (Fsp3) is 0.263. The summed E-state index contributed by atoms with van der Waals surface area (Å²) in [6.07, 6.45) is 4.71. The SMILES string of the molecule is CCn1cc(CCNC(=O)Nc2ccccc2C)c2cccnc21. The number of hydrogen-bond donors (Lipinski definition) is 2. The molecule has 2 N–H and O–H groups in total. The maximum atomic E-state index is 12.0. The zero-order valence-corrected chi connectivity index (χ0v) is 14.0. The number of carbonyl (C=O) groups excluding carboxylic acids is 1. The van der Waals surface area contributed by atoms with Crippen molar-refractivity contribution in [2.45, 2.75) is 26.8 Å². The molecule has 2 amide bonds. The van der Waals surface area contributed by atoms with E-state index in [-0.39, 0.29) is 6.03 Å². The molecule has 0 aliphatic heterocycles. The van der Waals surface area contributed by atoms with Crippen molar-refractivity contribution in [2.24, 2.45) is 0 Å². The molecule has 2 heterocycles. The van der Waals surface area contributed by atoms with Gasteiger partial charge in [0.15, 0.2) is 0 Å². The van der Waals surface area contributed by atoms with Crippen molar-refractivity contribution < 1.29 is 4.79 Å². The van der Waals surface area contributed by atoms with Gasteiger partial charge in [-0.15, -0.1) is 0 Å². The van der Waals surface area contributed by atoms with E-state index in [2.05, 4.69) is 39.4 Å². The minimum Gasteiger partial charge on any atom is -0.338 e. The number of nitrogens with one attached hydrogen (secondary N) is 2. The Bertz CT molecular complexity index is 853. The predicted octanol–water partition coefficient (Wildman–Crippen LogP) is 3.73. The number of aromatic nitrogens is 2. The number of amides is 2. The molecule has 5 nitrogen and oxygen atoms in total. The van der Waals surface area contributed by atoms with Crippen molar-refractivity contribution in [2.75, 3.05) is 11.9 Å². The number of hydrogen-bond acceptors (Lipinski definition) is 2. The Balaban J connectivity index is 1.61. The Hall–Kier alpha value is -2.82. The summed E-state index contributed by atoms with van der Waals surface area (Å²) in [6.45, 7) is 5.54. The van der Waals surface area contributed by atoms with Crippen LogP contribution in [0, 0.1) is 6.92 Å². The third kappa shape index (κ3) is 3.40. The monoisotopic (exact) mass is 322 g/mol. The molecular weight excluding hydrogens is 300 g/mol. The Morgan fingerprint density at radius 3 is 2.83 bits per heavy atom. The molecule has 124 valence electrons. The van der Waals surface area contributed by atoms with Gasteiger partial charge < -0.3 is 15.2 Å². The highest BCUT2D eigenvalue weighted by Crippen LogP contribution is 2.19. The third-order valence-electron chi connectivity index (χ3n) is 4.13. The number of nitrogens with zero attached hydrogens (tertiary/aromatic N) is 2. The van der Waals surface area contributed by atoms with Crippen LogP contribution in [0.2, 0.25) is 0 Å². The molecule has 0 aliphatic rings. The van der Waals surface area contributed by atoms with Crippen molar-refractivity contribution in [1.29, 1.82) is 0 Å². The second kappa shape index (κ2) is 7.17. The van der Waals surface area contributed by atoms with E-state index in [1.165, 1.54) is 5.56 Å². The normalized spacial score (nSPS) is 10.8. The minimum absolute atomic E-state index is 0.179. The third-order valence-corrected chi connectivity index (χ3v) is 4.13. The van der Waals surface area contributed by atoms with E-state index in [4.69, 9.17) is 0 Å². The zero-order chi connectivity index (χ0) is 16.9. The number of aryl methyl sites for hydroxylation is 2. The highest BCUT2D eigenvalue weighted by molar-refractivity contribution is 5.90. The first kappa shape index (κ1) is 16.1. The Labute approximate surface area is 141 Å². The highest BCUT2D eigenvalue weighted by atomic mass is 16.2. The lowest BCUT2D eigenvalue weighted by Crippen LogP contribution is -2.30. The average Bonchev–Trinajstić information content (AvgIpc) is 2.95. The fourth-order valence-electron chi connectivity index (χ4n) is 2.83. The van der Waals surface area contributed by atoms with Gasteiger partial charge in [-0.05, 0) is 49.6 Å². The van der Waals surface area contributed by atoms with Gasteiger partial charge in [0.1, 0.15) is 5.65 Å². The lowest BCUT2D eigenvalue weighted by Gasteiger charge is -2.09. The molecule has 3 aromatic rings. The van der Waals surface area contributed by atoms with E-state index in [1.807, 2.05) is 43.5 Å². The number of para-hydroxylation sites is 1. The Morgan fingerprint density at radius 2 is 2.04 bits per heavy atom. The summed E-state index contributed by atoms with van der Waals surface area (Å²) in [5.74, 6) is 0. The van der Waals surface area contributed by atoms with E-state index in [0.29, 0.717) is 6.54 Å². The van der Waals surface area contributed by atoms with Gasteiger partial charge in [-0.2, -0.15) is 0 Å². The average molecular weight is 322 g/mol. The van der Waals surface area contributed by atoms with Gasteiger partial charge in [-0.1, -0.05) is 18.2 Å². The van der Waals surface area contributed by atoms with E-state index in [1.54, 1.807) is 0 Å². The van der Waals surface area contributed by atoms with Crippen LogP contribution < -0.4 is 10.6 Å². The molecule has 5 heteroatoms. The molecule has 0 aliphatic carbocycles. The molecule has 0 bridgehead atoms. The molecule has 24 heavy (non-hydrogen) atoms. The summed E-state index contributed by atoms with van der Waals surface area (Å²) in [7, 11) is 0. The Morgan fingerprint density at radius 1 is 1.21 bits per heavy atom. The summed E-state index contributed by atoms with van der Waals surface area (Å²) >= 11 is 0. The lowest BCUT2D eigenvalue weighted by molar-refractivity contribution is 0.252. The molecule has 0 fully saturated rings. The molecule has 0 atom stereocenters. The predicted molar refractivity (Wildman–Crippen MR) is 97.3 cm³/mol. The van der Waals surface area contributed by atoms with Gasteiger partial charge in [0.05, 0.1) is 0 Å². The molecule has 3 rings (SSSR count). The molecule has 1 aromatic carbocycles. The van der Waals surface area contributed by atoms with Crippen molar-refractivity contribution in [1.82, 2.24) is 14.9 Å². The number of fused-ring (bicyclic) bond motifs is 1. The smallest absolute Gasteiger partial charge is 0.319 e. The van der Waals surface area contributed by atoms with E-state index in [0.717, 1.165) is 35.2 Å². The molecule has 0 saturated heterocycles. The second-order valence-electron chi connectivity index (χ2n) is 5.76. The summed E-state index contributed by atoms with van der Waals surface area (Å²) in [5.41, 5.74) is 4.09. The minimum atomic E-state index is -0.179. The number of pyridine rings is 1. The summed E-state index contributed by atoms with van der Waals surface area (Å²) in [4.78, 5) is 16.5. The highest BCUT2D eigenvalue weighted by Gasteiger charge is 2.09. The van der Waals surface area contributed by atoms with Crippen LogP contribution in [0.4, 0.5) is 10.5 Å². The van der Waals surface area contributed by atoms with Crippen molar-refractivity contribution in [3.63, 3.8) is 0 Å². The number of benzene rings is 1. The molecular formula is C19H22N4O. The number of carbonyl (C=O) groups is 1. The van der Waals surface area contributed by atoms with E-state index in [9.17, 15) is 4.79 Å². The van der Waals surface area contributed by atoms with Crippen LogP contribution in [-0.4, -0.2) is 22.1 Å². The maximum Gasteiger partial charge on any atom is 0.319 e. The van der Waals surface area contributed by atoms with Gasteiger partial charge in [-0.3, -0.25) is 0 Å². The van der Waals surface area contributed by atoms with Crippen LogP contribution in [0.1, 0.15) is 18.1 Å². The summed E-state index contributed by atoms with van der Waals surface area (Å²) < 4.78 is 2.14. The van der Waals surface area contributed by atoms with Crippen molar-refractivity contribution in [3.05, 3.63) is 59.9 Å². The van der Waals surface area contributed by atoms with Crippen LogP contribution in [-0.2, 0) is 13.0 Å². The Kier molecular flexibility index (Phi) is 4.79. The van der Waals surface area contributed by atoms with Crippen LogP contribution in [0.3, 0.4) is 0 Å². The maximum absolute atomic E-state index is 12.0. The summed E-state index contributed by atoms with van der Waals surface area (Å²) in [6, 6.07) is 11.6. The zero-order valence-electron chi connectivity index (χ0n) is 14.0. The van der Waals surface area contributed by atoms with Crippen LogP contribution >= 0.6 is 0 Å². The standard InChI is InChI=1S/C19H22N4O/c1-3-23-13-15(16-8-6-11-20-18(16)23)10-12-21-19(24)22-17-9-5-4-7-14(17)2/h4-9,11,13H,3,10,12H2,1-2H3,(H2,21,22,24). The van der Waals surface area contributed by atoms with Crippen molar-refractivity contribution in [3.8, 4) is 0 Å². The van der Waals surface area contributed by atoms with E-state index < -0.39 is 0 Å². The fourth-order valence-corrected chi connectivity index (χ4v) is 2.83. The topological polar surface area (TPSA) is 59.0 Å². The number of anilines is 1. The van der Waals surface area contributed by atoms with E-state index >= 15 is 0 Å². The van der Waals surface area contributed by atoms with Gasteiger partial charge in [0.2, 0.25) is 0 Å². The largest absolute Gasteiger partial charge is 0.338 e. The van der Waals surface area contributed by atoms with Gasteiger partial charge in [0, 0.05) is 36.6 Å². The van der Waals surface area contributed by atoms with Crippen LogP contribution in [0.15, 0.2) is 48.8 Å². The molecule has 0 saturated carbocycles. The van der Waals surface area contributed by atoms with Gasteiger partial charge in [-0.25, -0.2) is 9.78 Å². The first-order valence-corrected chi connectivity index (χ1v) is 8.22. The van der Waals surface area contributed by atoms with Gasteiger partial charge >= 0.3 is 6.03 Å². The molecule has 0 radical (unpaired) electrons. The van der Waals surface area contributed by atoms with Crippen LogP contribution in [0.5, 0.6) is 0 Å². The second-order valence-corrected chi connectivity index (χ2v) is 5.76. The lowest BCUT2D eigenvalue weighted by atomic mass is 10.1. The number of rotatable bonds is 5. The van der Waals surface area contributed by atoms with Crippen LogP contribution in [0.25, 0.3) is 11.0 Å². The van der Waals surface area contributed by atoms with Crippen molar-refractivity contribution >= 4 is 22.8 Å².